The molecule has 0 aliphatic rings. The van der Waals surface area contributed by atoms with E-state index < -0.39 is 0 Å². The number of hydrogen-bond donors (Lipinski definition) is 1. The van der Waals surface area contributed by atoms with Gasteiger partial charge in [0.1, 0.15) is 0 Å². The summed E-state index contributed by atoms with van der Waals surface area (Å²) in [5.41, 5.74) is 1.40. The fourth-order valence-corrected chi connectivity index (χ4v) is 2.51. The molecular formula is C15H21NS. The highest BCUT2D eigenvalue weighted by Crippen LogP contribution is 2.24. The number of hydrogen-bond acceptors (Lipinski definition) is 2. The van der Waals surface area contributed by atoms with Crippen LogP contribution in [-0.4, -0.2) is 18.3 Å². The highest BCUT2D eigenvalue weighted by molar-refractivity contribution is 8.00. The summed E-state index contributed by atoms with van der Waals surface area (Å²) in [6.45, 7) is 8.24. The van der Waals surface area contributed by atoms with Gasteiger partial charge in [-0.2, -0.15) is 0 Å². The van der Waals surface area contributed by atoms with Gasteiger partial charge in [0.05, 0.1) is 6.54 Å². The van der Waals surface area contributed by atoms with Gasteiger partial charge in [0.15, 0.2) is 0 Å². The lowest BCUT2D eigenvalue weighted by molar-refractivity contribution is 0.748. The molecule has 0 aliphatic carbocycles. The molecule has 0 bridgehead atoms. The molecule has 1 N–H and O–H groups in total. The minimum atomic E-state index is 0.535. The molecule has 1 aromatic carbocycles. The molecule has 0 radical (unpaired) electrons. The molecule has 0 saturated heterocycles. The van der Waals surface area contributed by atoms with Gasteiger partial charge >= 0.3 is 0 Å². The topological polar surface area (TPSA) is 12.0 Å². The average Bonchev–Trinajstić information content (AvgIpc) is 2.30. The molecule has 0 heterocycles. The summed E-state index contributed by atoms with van der Waals surface area (Å²) in [4.78, 5) is 1.32. The van der Waals surface area contributed by atoms with Crippen LogP contribution in [0.1, 0.15) is 32.3 Å². The van der Waals surface area contributed by atoms with Crippen molar-refractivity contribution in [1.82, 2.24) is 5.32 Å². The van der Waals surface area contributed by atoms with Crippen molar-refractivity contribution in [3.05, 3.63) is 29.8 Å². The van der Waals surface area contributed by atoms with Crippen molar-refractivity contribution >= 4 is 11.8 Å². The molecule has 0 amide bonds. The van der Waals surface area contributed by atoms with E-state index in [9.17, 15) is 0 Å². The van der Waals surface area contributed by atoms with E-state index in [-0.39, 0.29) is 0 Å². The Labute approximate surface area is 109 Å². The summed E-state index contributed by atoms with van der Waals surface area (Å²) in [6, 6.07) is 8.85. The molecule has 1 unspecified atom stereocenters. The van der Waals surface area contributed by atoms with Gasteiger partial charge in [0.25, 0.3) is 0 Å². The van der Waals surface area contributed by atoms with Crippen LogP contribution in [0.25, 0.3) is 0 Å². The molecule has 0 saturated carbocycles. The van der Waals surface area contributed by atoms with Crippen LogP contribution in [0.15, 0.2) is 29.2 Å². The van der Waals surface area contributed by atoms with Crippen LogP contribution < -0.4 is 5.32 Å². The second-order valence-electron chi connectivity index (χ2n) is 4.49. The van der Waals surface area contributed by atoms with Gasteiger partial charge in [-0.05, 0) is 23.6 Å². The van der Waals surface area contributed by atoms with Crippen molar-refractivity contribution in [3.63, 3.8) is 0 Å². The summed E-state index contributed by atoms with van der Waals surface area (Å²) in [5, 5.41) is 3.76. The standard InChI is InChI=1S/C15H21NS/c1-5-10-16-11-13(4)17-15-8-6-14(7-9-15)12(2)3/h1,6-9,12-13,16H,10-11H2,2-4H3. The zero-order valence-electron chi connectivity index (χ0n) is 10.9. The van der Waals surface area contributed by atoms with Crippen molar-refractivity contribution in [2.24, 2.45) is 0 Å². The van der Waals surface area contributed by atoms with Gasteiger partial charge < -0.3 is 5.32 Å². The van der Waals surface area contributed by atoms with Crippen LogP contribution in [-0.2, 0) is 0 Å². The van der Waals surface area contributed by atoms with E-state index in [1.54, 1.807) is 0 Å². The van der Waals surface area contributed by atoms with E-state index >= 15 is 0 Å². The molecule has 1 atom stereocenters. The van der Waals surface area contributed by atoms with Gasteiger partial charge in [-0.15, -0.1) is 18.2 Å². The highest BCUT2D eigenvalue weighted by atomic mass is 32.2. The van der Waals surface area contributed by atoms with Gasteiger partial charge in [-0.3, -0.25) is 0 Å². The third-order valence-corrected chi connectivity index (χ3v) is 3.66. The zero-order chi connectivity index (χ0) is 12.7. The van der Waals surface area contributed by atoms with Crippen LogP contribution in [0, 0.1) is 12.3 Å². The molecule has 92 valence electrons. The van der Waals surface area contributed by atoms with E-state index in [0.29, 0.717) is 17.7 Å². The largest absolute Gasteiger partial charge is 0.305 e. The first-order chi connectivity index (χ1) is 8.13. The maximum absolute atomic E-state index is 5.19. The van der Waals surface area contributed by atoms with E-state index in [2.05, 4.69) is 56.3 Å². The zero-order valence-corrected chi connectivity index (χ0v) is 11.7. The Morgan fingerprint density at radius 1 is 1.24 bits per heavy atom. The summed E-state index contributed by atoms with van der Waals surface area (Å²) in [6.07, 6.45) is 5.19. The van der Waals surface area contributed by atoms with Crippen LogP contribution in [0.4, 0.5) is 0 Å². The molecule has 0 spiro atoms. The van der Waals surface area contributed by atoms with Crippen molar-refractivity contribution in [2.45, 2.75) is 36.8 Å². The Balaban J connectivity index is 2.43. The molecule has 1 rings (SSSR count). The van der Waals surface area contributed by atoms with Crippen molar-refractivity contribution in [2.75, 3.05) is 13.1 Å². The van der Waals surface area contributed by atoms with Gasteiger partial charge in [0, 0.05) is 16.7 Å². The molecule has 0 aliphatic heterocycles. The van der Waals surface area contributed by atoms with Gasteiger partial charge in [0.2, 0.25) is 0 Å². The van der Waals surface area contributed by atoms with Crippen LogP contribution in [0.2, 0.25) is 0 Å². The van der Waals surface area contributed by atoms with Gasteiger partial charge in [-0.25, -0.2) is 0 Å². The summed E-state index contributed by atoms with van der Waals surface area (Å²) in [7, 11) is 0. The lowest BCUT2D eigenvalue weighted by atomic mass is 10.0. The predicted molar refractivity (Wildman–Crippen MR) is 77.6 cm³/mol. The monoisotopic (exact) mass is 247 g/mol. The minimum absolute atomic E-state index is 0.535. The molecule has 1 aromatic rings. The first-order valence-electron chi connectivity index (χ1n) is 6.04. The smallest absolute Gasteiger partial charge is 0.0574 e. The molecular weight excluding hydrogens is 226 g/mol. The second kappa shape index (κ2) is 7.42. The Bertz CT molecular complexity index is 362. The maximum atomic E-state index is 5.19. The maximum Gasteiger partial charge on any atom is 0.0574 e. The van der Waals surface area contributed by atoms with Crippen LogP contribution in [0.5, 0.6) is 0 Å². The number of rotatable bonds is 6. The fourth-order valence-electron chi connectivity index (χ4n) is 1.55. The number of terminal acetylenes is 1. The third-order valence-electron chi connectivity index (χ3n) is 2.54. The van der Waals surface area contributed by atoms with E-state index in [1.165, 1.54) is 10.5 Å². The number of thioether (sulfide) groups is 1. The van der Waals surface area contributed by atoms with Crippen molar-refractivity contribution < 1.29 is 0 Å². The molecule has 0 fully saturated rings. The molecule has 0 aromatic heterocycles. The Kier molecular flexibility index (Phi) is 6.18. The highest BCUT2D eigenvalue weighted by Gasteiger charge is 2.04. The van der Waals surface area contributed by atoms with E-state index in [4.69, 9.17) is 6.42 Å². The fraction of sp³-hybridized carbons (Fsp3) is 0.467. The number of benzene rings is 1. The minimum Gasteiger partial charge on any atom is -0.305 e. The molecule has 17 heavy (non-hydrogen) atoms. The van der Waals surface area contributed by atoms with E-state index in [1.807, 2.05) is 11.8 Å². The predicted octanol–water partition coefficient (Wildman–Crippen LogP) is 3.51. The average molecular weight is 247 g/mol. The SMILES string of the molecule is C#CCNCC(C)Sc1ccc(C(C)C)cc1. The van der Waals surface area contributed by atoms with Gasteiger partial charge in [-0.1, -0.05) is 38.8 Å². The Morgan fingerprint density at radius 3 is 2.41 bits per heavy atom. The normalized spacial score (nSPS) is 12.4. The van der Waals surface area contributed by atoms with Crippen LogP contribution >= 0.6 is 11.8 Å². The lowest BCUT2D eigenvalue weighted by Crippen LogP contribution is -2.22. The first kappa shape index (κ1) is 14.2. The number of nitrogens with one attached hydrogen (secondary N) is 1. The Morgan fingerprint density at radius 2 is 1.88 bits per heavy atom. The Hall–Kier alpha value is -0.910. The van der Waals surface area contributed by atoms with Crippen molar-refractivity contribution in [1.29, 1.82) is 0 Å². The van der Waals surface area contributed by atoms with E-state index in [0.717, 1.165) is 6.54 Å². The summed E-state index contributed by atoms with van der Waals surface area (Å²) >= 11 is 1.88. The summed E-state index contributed by atoms with van der Waals surface area (Å²) < 4.78 is 0. The third kappa shape index (κ3) is 5.30. The first-order valence-corrected chi connectivity index (χ1v) is 6.92. The van der Waals surface area contributed by atoms with Crippen molar-refractivity contribution in [3.8, 4) is 12.3 Å². The quantitative estimate of drug-likeness (QED) is 0.469. The molecule has 2 heteroatoms. The lowest BCUT2D eigenvalue weighted by Gasteiger charge is -2.12. The molecule has 1 nitrogen and oxygen atoms in total. The summed E-state index contributed by atoms with van der Waals surface area (Å²) in [5.74, 6) is 3.19. The second-order valence-corrected chi connectivity index (χ2v) is 6.00. The van der Waals surface area contributed by atoms with Crippen LogP contribution in [0.3, 0.4) is 0 Å².